The van der Waals surface area contributed by atoms with Crippen molar-refractivity contribution in [3.05, 3.63) is 39.0 Å². The average molecular weight is 271 g/mol. The fraction of sp³-hybridized carbons (Fsp3) is 0.111. The zero-order chi connectivity index (χ0) is 9.97. The summed E-state index contributed by atoms with van der Waals surface area (Å²) in [6, 6.07) is 2.03. The third-order valence-corrected chi connectivity index (χ3v) is 3.71. The smallest absolute Gasteiger partial charge is 0.168 e. The number of hydrogen-bond donors (Lipinski definition) is 0. The number of aldehydes is 1. The minimum absolute atomic E-state index is 0.600. The number of thiophene rings is 1. The van der Waals surface area contributed by atoms with E-state index in [0.29, 0.717) is 12.2 Å². The monoisotopic (exact) mass is 270 g/mol. The molecular weight excluding hydrogens is 264 g/mol. The number of halogens is 1. The van der Waals surface area contributed by atoms with Gasteiger partial charge in [-0.2, -0.15) is 0 Å². The topological polar surface area (TPSA) is 34.9 Å². The highest BCUT2D eigenvalue weighted by molar-refractivity contribution is 9.11. The van der Waals surface area contributed by atoms with E-state index in [1.807, 2.05) is 16.0 Å². The van der Waals surface area contributed by atoms with Crippen LogP contribution in [-0.4, -0.2) is 15.8 Å². The molecule has 2 aromatic rings. The summed E-state index contributed by atoms with van der Waals surface area (Å²) in [5.74, 6) is 0. The standard InChI is InChI=1S/C9H7BrN2OS/c10-9-7(1-2-14-9)4-12-6-11-3-8(12)5-13/h1-3,5-6H,4H2. The van der Waals surface area contributed by atoms with Gasteiger partial charge >= 0.3 is 0 Å². The molecule has 0 aliphatic rings. The highest BCUT2D eigenvalue weighted by atomic mass is 79.9. The Bertz CT molecular complexity index is 449. The predicted octanol–water partition coefficient (Wildman–Crippen LogP) is 2.57. The van der Waals surface area contributed by atoms with Crippen LogP contribution in [0.5, 0.6) is 0 Å². The van der Waals surface area contributed by atoms with Gasteiger partial charge in [-0.15, -0.1) is 11.3 Å². The second kappa shape index (κ2) is 4.06. The van der Waals surface area contributed by atoms with Gasteiger partial charge in [0.1, 0.15) is 5.69 Å². The molecule has 0 aliphatic heterocycles. The molecule has 0 bridgehead atoms. The molecule has 0 fully saturated rings. The van der Waals surface area contributed by atoms with Crippen LogP contribution >= 0.6 is 27.3 Å². The van der Waals surface area contributed by atoms with Crippen molar-refractivity contribution in [2.24, 2.45) is 0 Å². The molecule has 5 heteroatoms. The number of imidazole rings is 1. The molecule has 0 radical (unpaired) electrons. The second-order valence-corrected chi connectivity index (χ2v) is 5.02. The van der Waals surface area contributed by atoms with Gasteiger partial charge in [0.25, 0.3) is 0 Å². The molecule has 2 heterocycles. The van der Waals surface area contributed by atoms with Crippen LogP contribution in [-0.2, 0) is 6.54 Å². The molecular formula is C9H7BrN2OS. The SMILES string of the molecule is O=Cc1cncn1Cc1ccsc1Br. The minimum Gasteiger partial charge on any atom is -0.324 e. The molecule has 0 unspecified atom stereocenters. The van der Waals surface area contributed by atoms with Crippen LogP contribution in [0.2, 0.25) is 0 Å². The molecule has 0 amide bonds. The fourth-order valence-electron chi connectivity index (χ4n) is 1.18. The molecule has 0 saturated heterocycles. The maximum Gasteiger partial charge on any atom is 0.168 e. The third-order valence-electron chi connectivity index (χ3n) is 1.90. The van der Waals surface area contributed by atoms with E-state index in [1.165, 1.54) is 0 Å². The first-order chi connectivity index (χ1) is 6.81. The number of nitrogens with zero attached hydrogens (tertiary/aromatic N) is 2. The first kappa shape index (κ1) is 9.61. The Morgan fingerprint density at radius 3 is 3.14 bits per heavy atom. The summed E-state index contributed by atoms with van der Waals surface area (Å²) in [5, 5.41) is 2.01. The van der Waals surface area contributed by atoms with E-state index >= 15 is 0 Å². The first-order valence-corrected chi connectivity index (χ1v) is 5.65. The summed E-state index contributed by atoms with van der Waals surface area (Å²) < 4.78 is 2.92. The van der Waals surface area contributed by atoms with Crippen molar-refractivity contribution in [1.82, 2.24) is 9.55 Å². The van der Waals surface area contributed by atoms with Crippen LogP contribution in [0.1, 0.15) is 16.1 Å². The highest BCUT2D eigenvalue weighted by Gasteiger charge is 2.05. The molecule has 0 aliphatic carbocycles. The van der Waals surface area contributed by atoms with Crippen LogP contribution in [0.15, 0.2) is 27.8 Å². The van der Waals surface area contributed by atoms with Gasteiger partial charge in [-0.1, -0.05) is 0 Å². The zero-order valence-electron chi connectivity index (χ0n) is 7.18. The van der Waals surface area contributed by atoms with Gasteiger partial charge in [-0.25, -0.2) is 4.98 Å². The highest BCUT2D eigenvalue weighted by Crippen LogP contribution is 2.24. The molecule has 0 saturated carbocycles. The quantitative estimate of drug-likeness (QED) is 0.804. The largest absolute Gasteiger partial charge is 0.324 e. The zero-order valence-corrected chi connectivity index (χ0v) is 9.59. The first-order valence-electron chi connectivity index (χ1n) is 3.98. The van der Waals surface area contributed by atoms with Crippen LogP contribution in [0.3, 0.4) is 0 Å². The number of hydrogen-bond acceptors (Lipinski definition) is 3. The van der Waals surface area contributed by atoms with Crippen LogP contribution in [0, 0.1) is 0 Å². The second-order valence-electron chi connectivity index (χ2n) is 2.78. The summed E-state index contributed by atoms with van der Waals surface area (Å²) in [4.78, 5) is 14.6. The Labute approximate surface area is 93.5 Å². The number of aromatic nitrogens is 2. The van der Waals surface area contributed by atoms with Crippen LogP contribution < -0.4 is 0 Å². The summed E-state index contributed by atoms with van der Waals surface area (Å²) >= 11 is 5.09. The van der Waals surface area contributed by atoms with E-state index in [-0.39, 0.29) is 0 Å². The molecule has 0 N–H and O–H groups in total. The summed E-state index contributed by atoms with van der Waals surface area (Å²) in [7, 11) is 0. The molecule has 72 valence electrons. The minimum atomic E-state index is 0.600. The lowest BCUT2D eigenvalue weighted by molar-refractivity contribution is 0.111. The lowest BCUT2D eigenvalue weighted by atomic mass is 10.3. The molecule has 0 aromatic carbocycles. The van der Waals surface area contributed by atoms with Crippen molar-refractivity contribution >= 4 is 33.6 Å². The van der Waals surface area contributed by atoms with Gasteiger partial charge in [-0.3, -0.25) is 4.79 Å². The van der Waals surface area contributed by atoms with E-state index in [2.05, 4.69) is 20.9 Å². The third kappa shape index (κ3) is 1.78. The van der Waals surface area contributed by atoms with Gasteiger partial charge in [0, 0.05) is 0 Å². The van der Waals surface area contributed by atoms with Crippen LogP contribution in [0.25, 0.3) is 0 Å². The van der Waals surface area contributed by atoms with Gasteiger partial charge in [0.05, 0.1) is 22.9 Å². The lowest BCUT2D eigenvalue weighted by Gasteiger charge is -2.02. The Morgan fingerprint density at radius 2 is 2.50 bits per heavy atom. The van der Waals surface area contributed by atoms with Crippen molar-refractivity contribution in [3.8, 4) is 0 Å². The summed E-state index contributed by atoms with van der Waals surface area (Å²) in [6.07, 6.45) is 4.04. The molecule has 0 spiro atoms. The molecule has 2 rings (SSSR count). The number of rotatable bonds is 3. The molecule has 0 atom stereocenters. The van der Waals surface area contributed by atoms with Crippen molar-refractivity contribution in [3.63, 3.8) is 0 Å². The maximum atomic E-state index is 10.6. The van der Waals surface area contributed by atoms with Gasteiger partial charge in [-0.05, 0) is 32.9 Å². The van der Waals surface area contributed by atoms with E-state index in [4.69, 9.17) is 0 Å². The van der Waals surface area contributed by atoms with E-state index < -0.39 is 0 Å². The normalized spacial score (nSPS) is 10.4. The van der Waals surface area contributed by atoms with Crippen molar-refractivity contribution in [2.45, 2.75) is 6.54 Å². The number of carbonyl (C=O) groups is 1. The summed E-state index contributed by atoms with van der Waals surface area (Å²) in [5.41, 5.74) is 1.76. The number of carbonyl (C=O) groups excluding carboxylic acids is 1. The van der Waals surface area contributed by atoms with E-state index in [9.17, 15) is 4.79 Å². The van der Waals surface area contributed by atoms with Gasteiger partial charge in [0.15, 0.2) is 6.29 Å². The van der Waals surface area contributed by atoms with Crippen molar-refractivity contribution < 1.29 is 4.79 Å². The maximum absolute atomic E-state index is 10.6. The summed E-state index contributed by atoms with van der Waals surface area (Å²) in [6.45, 7) is 0.679. The van der Waals surface area contributed by atoms with E-state index in [0.717, 1.165) is 15.6 Å². The van der Waals surface area contributed by atoms with Crippen molar-refractivity contribution in [2.75, 3.05) is 0 Å². The predicted molar refractivity (Wildman–Crippen MR) is 58.7 cm³/mol. The van der Waals surface area contributed by atoms with E-state index in [1.54, 1.807) is 23.9 Å². The van der Waals surface area contributed by atoms with Gasteiger partial charge < -0.3 is 4.57 Å². The van der Waals surface area contributed by atoms with Crippen molar-refractivity contribution in [1.29, 1.82) is 0 Å². The fourth-order valence-corrected chi connectivity index (χ4v) is 2.39. The lowest BCUT2D eigenvalue weighted by Crippen LogP contribution is -2.01. The molecule has 14 heavy (non-hydrogen) atoms. The average Bonchev–Trinajstić information content (AvgIpc) is 2.77. The Kier molecular flexibility index (Phi) is 2.79. The Hall–Kier alpha value is -0.940. The Morgan fingerprint density at radius 1 is 1.64 bits per heavy atom. The van der Waals surface area contributed by atoms with Gasteiger partial charge in [0.2, 0.25) is 0 Å². The van der Waals surface area contributed by atoms with Crippen LogP contribution in [0.4, 0.5) is 0 Å². The Balaban J connectivity index is 2.27. The molecule has 2 aromatic heterocycles. The molecule has 3 nitrogen and oxygen atoms in total.